The Kier molecular flexibility index (Phi) is 4.77. The molecule has 4 atom stereocenters. The molecule has 1 aliphatic heterocycles. The van der Waals surface area contributed by atoms with Crippen molar-refractivity contribution in [1.82, 2.24) is 4.90 Å². The molecule has 1 spiro atoms. The minimum absolute atomic E-state index is 0.00358. The van der Waals surface area contributed by atoms with Gasteiger partial charge in [-0.1, -0.05) is 31.2 Å². The standard InChI is InChI=1S/C20H26FNO2/c1-4-5-13-22-18(20(22)11-6-12-20)17(19(23)24-3)14(2)15-7-9-16(21)10-8-15/h4-5,7-10,14,17-18H,6,11-13H2,1-3H3/b5-4+/t14?,17?,18?,22-/m1/s1. The predicted molar refractivity (Wildman–Crippen MR) is 92.2 cm³/mol. The van der Waals surface area contributed by atoms with Crippen LogP contribution < -0.4 is 0 Å². The van der Waals surface area contributed by atoms with E-state index in [1.165, 1.54) is 25.7 Å². The number of carbonyl (C=O) groups is 1. The molecule has 1 heterocycles. The highest BCUT2D eigenvalue weighted by molar-refractivity contribution is 5.76. The van der Waals surface area contributed by atoms with Crippen LogP contribution in [-0.2, 0) is 9.53 Å². The molecule has 0 N–H and O–H groups in total. The van der Waals surface area contributed by atoms with Crippen LogP contribution in [0, 0.1) is 11.7 Å². The van der Waals surface area contributed by atoms with Crippen LogP contribution in [0.5, 0.6) is 0 Å². The molecule has 1 aromatic rings. The first kappa shape index (κ1) is 17.2. The van der Waals surface area contributed by atoms with Gasteiger partial charge in [-0.3, -0.25) is 9.69 Å². The van der Waals surface area contributed by atoms with E-state index in [0.717, 1.165) is 24.9 Å². The monoisotopic (exact) mass is 331 g/mol. The Morgan fingerprint density at radius 1 is 1.42 bits per heavy atom. The number of allylic oxidation sites excluding steroid dienone is 1. The van der Waals surface area contributed by atoms with Crippen molar-refractivity contribution in [3.05, 3.63) is 47.8 Å². The highest BCUT2D eigenvalue weighted by Crippen LogP contribution is 2.59. The highest BCUT2D eigenvalue weighted by atomic mass is 19.1. The average Bonchev–Trinajstić information content (AvgIpc) is 3.22. The smallest absolute Gasteiger partial charge is 0.310 e. The van der Waals surface area contributed by atoms with Gasteiger partial charge in [-0.25, -0.2) is 4.39 Å². The molecule has 1 aliphatic carbocycles. The van der Waals surface area contributed by atoms with Gasteiger partial charge in [-0.15, -0.1) is 0 Å². The first-order chi connectivity index (χ1) is 11.5. The lowest BCUT2D eigenvalue weighted by Gasteiger charge is -2.29. The summed E-state index contributed by atoms with van der Waals surface area (Å²) in [5, 5.41) is 0. The topological polar surface area (TPSA) is 29.3 Å². The molecule has 1 saturated heterocycles. The molecular weight excluding hydrogens is 305 g/mol. The molecule has 130 valence electrons. The summed E-state index contributed by atoms with van der Waals surface area (Å²) in [5.74, 6) is -0.634. The van der Waals surface area contributed by atoms with E-state index in [1.807, 2.05) is 13.8 Å². The van der Waals surface area contributed by atoms with Crippen molar-refractivity contribution in [2.45, 2.75) is 50.6 Å². The maximum atomic E-state index is 13.2. The van der Waals surface area contributed by atoms with E-state index >= 15 is 0 Å². The van der Waals surface area contributed by atoms with E-state index in [2.05, 4.69) is 17.1 Å². The van der Waals surface area contributed by atoms with Gasteiger partial charge in [0, 0.05) is 18.1 Å². The van der Waals surface area contributed by atoms with Crippen molar-refractivity contribution >= 4 is 5.97 Å². The summed E-state index contributed by atoms with van der Waals surface area (Å²) in [6.07, 6.45) is 7.73. The molecule has 3 rings (SSSR count). The lowest BCUT2D eigenvalue weighted by Crippen LogP contribution is -2.35. The van der Waals surface area contributed by atoms with Crippen LogP contribution in [0.4, 0.5) is 4.39 Å². The van der Waals surface area contributed by atoms with Crippen LogP contribution in [0.1, 0.15) is 44.6 Å². The molecule has 3 unspecified atom stereocenters. The van der Waals surface area contributed by atoms with Crippen molar-refractivity contribution < 1.29 is 13.9 Å². The second-order valence-corrected chi connectivity index (χ2v) is 7.01. The molecule has 2 aliphatic rings. The highest BCUT2D eigenvalue weighted by Gasteiger charge is 2.69. The SMILES string of the molecule is C/C=C/C[N@]1C(C(C(=O)OC)C(C)c2ccc(F)cc2)C12CCC2. The number of benzene rings is 1. The van der Waals surface area contributed by atoms with Crippen LogP contribution in [0.15, 0.2) is 36.4 Å². The van der Waals surface area contributed by atoms with Gasteiger partial charge in [0.1, 0.15) is 5.82 Å². The largest absolute Gasteiger partial charge is 0.469 e. The van der Waals surface area contributed by atoms with Gasteiger partial charge in [0.25, 0.3) is 0 Å². The summed E-state index contributed by atoms with van der Waals surface area (Å²) in [6, 6.07) is 6.70. The summed E-state index contributed by atoms with van der Waals surface area (Å²) < 4.78 is 18.4. The molecule has 1 saturated carbocycles. The number of rotatable bonds is 6. The van der Waals surface area contributed by atoms with Crippen molar-refractivity contribution in [2.75, 3.05) is 13.7 Å². The average molecular weight is 331 g/mol. The predicted octanol–water partition coefficient (Wildman–Crippen LogP) is 3.90. The zero-order valence-electron chi connectivity index (χ0n) is 14.7. The van der Waals surface area contributed by atoms with Gasteiger partial charge in [0.15, 0.2) is 0 Å². The second kappa shape index (κ2) is 6.67. The lowest BCUT2D eigenvalue weighted by atomic mass is 9.74. The minimum atomic E-state index is -0.253. The minimum Gasteiger partial charge on any atom is -0.469 e. The van der Waals surface area contributed by atoms with E-state index in [1.54, 1.807) is 12.1 Å². The van der Waals surface area contributed by atoms with E-state index < -0.39 is 0 Å². The van der Waals surface area contributed by atoms with Gasteiger partial charge in [0.05, 0.1) is 13.0 Å². The van der Waals surface area contributed by atoms with E-state index in [-0.39, 0.29) is 35.2 Å². The first-order valence-electron chi connectivity index (χ1n) is 8.76. The van der Waals surface area contributed by atoms with Gasteiger partial charge in [-0.2, -0.15) is 0 Å². The van der Waals surface area contributed by atoms with E-state index in [0.29, 0.717) is 0 Å². The molecule has 24 heavy (non-hydrogen) atoms. The van der Waals surface area contributed by atoms with E-state index in [9.17, 15) is 9.18 Å². The summed E-state index contributed by atoms with van der Waals surface area (Å²) in [7, 11) is 1.46. The van der Waals surface area contributed by atoms with Crippen LogP contribution >= 0.6 is 0 Å². The van der Waals surface area contributed by atoms with Crippen molar-refractivity contribution in [2.24, 2.45) is 5.92 Å². The maximum absolute atomic E-state index is 13.2. The molecule has 0 amide bonds. The van der Waals surface area contributed by atoms with Gasteiger partial charge < -0.3 is 4.74 Å². The third-order valence-electron chi connectivity index (χ3n) is 5.90. The van der Waals surface area contributed by atoms with Gasteiger partial charge in [-0.05, 0) is 49.8 Å². The number of halogens is 1. The summed E-state index contributed by atoms with van der Waals surface area (Å²) >= 11 is 0. The zero-order chi connectivity index (χ0) is 17.3. The quantitative estimate of drug-likeness (QED) is 0.450. The Balaban J connectivity index is 1.86. The lowest BCUT2D eigenvalue weighted by molar-refractivity contribution is -0.146. The number of esters is 1. The fourth-order valence-electron chi connectivity index (χ4n) is 4.34. The zero-order valence-corrected chi connectivity index (χ0v) is 14.7. The van der Waals surface area contributed by atoms with Crippen LogP contribution in [0.2, 0.25) is 0 Å². The Hall–Kier alpha value is -1.68. The Morgan fingerprint density at radius 3 is 2.58 bits per heavy atom. The molecule has 1 aromatic carbocycles. The number of ether oxygens (including phenoxy) is 1. The number of methoxy groups -OCH3 is 1. The maximum Gasteiger partial charge on any atom is 0.310 e. The number of carbonyl (C=O) groups excluding carboxylic acids is 1. The molecule has 0 bridgehead atoms. The molecule has 0 aromatic heterocycles. The molecule has 3 nitrogen and oxygen atoms in total. The number of hydrogen-bond donors (Lipinski definition) is 0. The Morgan fingerprint density at radius 2 is 2.08 bits per heavy atom. The van der Waals surface area contributed by atoms with Crippen LogP contribution in [-0.4, -0.2) is 36.1 Å². The van der Waals surface area contributed by atoms with Gasteiger partial charge >= 0.3 is 5.97 Å². The van der Waals surface area contributed by atoms with Crippen molar-refractivity contribution in [3.63, 3.8) is 0 Å². The molecule has 2 fully saturated rings. The Labute approximate surface area is 143 Å². The summed E-state index contributed by atoms with van der Waals surface area (Å²) in [6.45, 7) is 4.95. The fourth-order valence-corrected chi connectivity index (χ4v) is 4.34. The molecule has 4 heteroatoms. The number of nitrogens with zero attached hydrogens (tertiary/aromatic N) is 1. The van der Waals surface area contributed by atoms with Crippen molar-refractivity contribution in [3.8, 4) is 0 Å². The third-order valence-corrected chi connectivity index (χ3v) is 5.90. The van der Waals surface area contributed by atoms with Crippen LogP contribution in [0.3, 0.4) is 0 Å². The first-order valence-corrected chi connectivity index (χ1v) is 8.76. The van der Waals surface area contributed by atoms with Crippen LogP contribution in [0.25, 0.3) is 0 Å². The fraction of sp³-hybridized carbons (Fsp3) is 0.550. The summed E-state index contributed by atoms with van der Waals surface area (Å²) in [4.78, 5) is 15.0. The summed E-state index contributed by atoms with van der Waals surface area (Å²) in [5.41, 5.74) is 1.16. The van der Waals surface area contributed by atoms with Crippen molar-refractivity contribution in [1.29, 1.82) is 0 Å². The number of hydrogen-bond acceptors (Lipinski definition) is 3. The Bertz CT molecular complexity index is 621. The molecular formula is C20H26FNO2. The van der Waals surface area contributed by atoms with Gasteiger partial charge in [0.2, 0.25) is 0 Å². The molecule has 0 radical (unpaired) electrons. The second-order valence-electron chi connectivity index (χ2n) is 7.01. The third kappa shape index (κ3) is 2.77. The van der Waals surface area contributed by atoms with E-state index in [4.69, 9.17) is 4.74 Å². The normalized spacial score (nSPS) is 26.8.